The van der Waals surface area contributed by atoms with E-state index in [2.05, 4.69) is 15.3 Å². The number of carboxylic acid groups (broad SMARTS) is 1. The van der Waals surface area contributed by atoms with Gasteiger partial charge in [-0.15, -0.1) is 5.10 Å². The summed E-state index contributed by atoms with van der Waals surface area (Å²) in [6.07, 6.45) is 1.62. The van der Waals surface area contributed by atoms with Crippen molar-refractivity contribution < 1.29 is 14.6 Å². The van der Waals surface area contributed by atoms with Crippen LogP contribution in [0.3, 0.4) is 0 Å². The number of methoxy groups -OCH3 is 1. The summed E-state index contributed by atoms with van der Waals surface area (Å²) in [7, 11) is 1.54. The summed E-state index contributed by atoms with van der Waals surface area (Å²) in [5.74, 6) is -1.07. The molecule has 4 aromatic rings. The van der Waals surface area contributed by atoms with Crippen molar-refractivity contribution in [2.75, 3.05) is 7.11 Å². The quantitative estimate of drug-likeness (QED) is 0.393. The van der Waals surface area contributed by atoms with Gasteiger partial charge >= 0.3 is 5.97 Å². The maximum Gasteiger partial charge on any atom is 0.310 e. The van der Waals surface area contributed by atoms with Gasteiger partial charge < -0.3 is 9.84 Å². The summed E-state index contributed by atoms with van der Waals surface area (Å²) in [6.45, 7) is 3.57. The van der Waals surface area contributed by atoms with Crippen LogP contribution in [0.25, 0.3) is 22.3 Å². The number of hydrogen-bond acceptors (Lipinski definition) is 5. The third-order valence-corrected chi connectivity index (χ3v) is 6.25. The summed E-state index contributed by atoms with van der Waals surface area (Å²) in [6, 6.07) is 12.3. The van der Waals surface area contributed by atoms with Gasteiger partial charge in [0.2, 0.25) is 0 Å². The Bertz CT molecular complexity index is 1320. The molecule has 0 saturated heterocycles. The normalized spacial score (nSPS) is 13.2. The van der Waals surface area contributed by atoms with Crippen molar-refractivity contribution in [3.05, 3.63) is 69.8 Å². The number of hydrogen-bond donors (Lipinski definition) is 1. The van der Waals surface area contributed by atoms with E-state index in [0.29, 0.717) is 38.1 Å². The average molecular weight is 471 g/mol. The summed E-state index contributed by atoms with van der Waals surface area (Å²) in [5.41, 5.74) is 4.02. The molecular formula is C23H20Cl2N4O3. The fourth-order valence-corrected chi connectivity index (χ4v) is 4.49. The van der Waals surface area contributed by atoms with E-state index in [0.717, 1.165) is 11.1 Å². The molecule has 9 heteroatoms. The van der Waals surface area contributed by atoms with Crippen LogP contribution in [0.15, 0.2) is 48.7 Å². The molecule has 0 bridgehead atoms. The number of carbonyl (C=O) groups is 1. The third-order valence-electron chi connectivity index (χ3n) is 5.53. The van der Waals surface area contributed by atoms with Crippen LogP contribution in [-0.2, 0) is 4.79 Å². The molecule has 7 nitrogen and oxygen atoms in total. The van der Waals surface area contributed by atoms with Gasteiger partial charge in [0.25, 0.3) is 0 Å². The number of aliphatic carboxylic acids is 1. The number of halogens is 2. The molecule has 1 unspecified atom stereocenters. The van der Waals surface area contributed by atoms with Gasteiger partial charge in [-0.2, -0.15) is 0 Å². The molecule has 0 aliphatic carbocycles. The largest absolute Gasteiger partial charge is 0.495 e. The zero-order valence-electron chi connectivity index (χ0n) is 17.6. The fourth-order valence-electron chi connectivity index (χ4n) is 3.73. The lowest BCUT2D eigenvalue weighted by atomic mass is 9.94. The van der Waals surface area contributed by atoms with Gasteiger partial charge in [0, 0.05) is 16.1 Å². The lowest BCUT2D eigenvalue weighted by molar-refractivity contribution is -0.138. The van der Waals surface area contributed by atoms with Crippen LogP contribution in [-0.4, -0.2) is 38.2 Å². The van der Waals surface area contributed by atoms with E-state index in [1.165, 1.54) is 0 Å². The maximum absolute atomic E-state index is 11.6. The highest BCUT2D eigenvalue weighted by Gasteiger charge is 2.23. The maximum atomic E-state index is 11.6. The topological polar surface area (TPSA) is 90.1 Å². The molecular weight excluding hydrogens is 451 g/mol. The van der Waals surface area contributed by atoms with Crippen molar-refractivity contribution in [1.82, 2.24) is 20.0 Å². The number of fused-ring (bicyclic) bond motifs is 1. The molecule has 0 radical (unpaired) electrons. The number of nitrogens with zero attached hydrogens (tertiary/aromatic N) is 4. The molecule has 4 rings (SSSR count). The minimum absolute atomic E-state index is 0.349. The monoisotopic (exact) mass is 470 g/mol. The smallest absolute Gasteiger partial charge is 0.310 e. The van der Waals surface area contributed by atoms with Crippen molar-refractivity contribution in [2.24, 2.45) is 0 Å². The second kappa shape index (κ2) is 8.76. The number of rotatable bonds is 6. The molecule has 1 N–H and O–H groups in total. The van der Waals surface area contributed by atoms with Crippen LogP contribution in [0, 0.1) is 0 Å². The molecule has 164 valence electrons. The molecule has 2 atom stereocenters. The fraction of sp³-hybridized carbons (Fsp3) is 0.217. The van der Waals surface area contributed by atoms with Crippen LogP contribution < -0.4 is 4.74 Å². The Balaban J connectivity index is 1.85. The molecule has 0 saturated carbocycles. The molecule has 2 heterocycles. The number of benzene rings is 2. The first-order valence-electron chi connectivity index (χ1n) is 9.88. The van der Waals surface area contributed by atoms with E-state index in [1.807, 2.05) is 31.2 Å². The number of aromatic nitrogens is 4. The van der Waals surface area contributed by atoms with E-state index in [-0.39, 0.29) is 6.04 Å². The third kappa shape index (κ3) is 3.78. The first-order chi connectivity index (χ1) is 15.3. The Hall–Kier alpha value is -3.16. The first-order valence-corrected chi connectivity index (χ1v) is 10.6. The molecule has 0 amide bonds. The van der Waals surface area contributed by atoms with Gasteiger partial charge in [-0.05, 0) is 37.6 Å². The standard InChI is InChI=1S/C23H20Cl2N4O3/c1-12(23(30)31)14-6-4-5-7-15(14)17-10-19-18(11-26-17)27-28-29(19)13(2)21-16(24)8-9-20(32-3)22(21)25/h4-13H,1-3H3,(H,30,31)/t12?,13-/m1/s1. The van der Waals surface area contributed by atoms with Crippen LogP contribution in [0.5, 0.6) is 5.75 Å². The number of pyridine rings is 1. The molecule has 0 fully saturated rings. The average Bonchev–Trinajstić information content (AvgIpc) is 3.22. The van der Waals surface area contributed by atoms with Crippen LogP contribution in [0.1, 0.15) is 36.9 Å². The Morgan fingerprint density at radius 2 is 1.91 bits per heavy atom. The van der Waals surface area contributed by atoms with E-state index in [9.17, 15) is 9.90 Å². The van der Waals surface area contributed by atoms with Gasteiger partial charge in [0.15, 0.2) is 0 Å². The van der Waals surface area contributed by atoms with E-state index in [4.69, 9.17) is 27.9 Å². The summed E-state index contributed by atoms with van der Waals surface area (Å²) < 4.78 is 7.05. The zero-order valence-corrected chi connectivity index (χ0v) is 19.1. The minimum Gasteiger partial charge on any atom is -0.495 e. The highest BCUT2D eigenvalue weighted by molar-refractivity contribution is 6.37. The van der Waals surface area contributed by atoms with Gasteiger partial charge in [0.05, 0.1) is 41.5 Å². The summed E-state index contributed by atoms with van der Waals surface area (Å²) >= 11 is 13.0. The lowest BCUT2D eigenvalue weighted by Crippen LogP contribution is -2.11. The van der Waals surface area contributed by atoms with E-state index in [1.54, 1.807) is 43.1 Å². The Kier molecular flexibility index (Phi) is 6.04. The minimum atomic E-state index is -0.902. The van der Waals surface area contributed by atoms with Crippen molar-refractivity contribution in [2.45, 2.75) is 25.8 Å². The van der Waals surface area contributed by atoms with E-state index >= 15 is 0 Å². The second-order valence-corrected chi connectivity index (χ2v) is 8.18. The number of carboxylic acids is 1. The van der Waals surface area contributed by atoms with Gasteiger partial charge in [-0.1, -0.05) is 52.7 Å². The Labute approximate surface area is 194 Å². The summed E-state index contributed by atoms with van der Waals surface area (Å²) in [5, 5.41) is 18.9. The Morgan fingerprint density at radius 1 is 1.16 bits per heavy atom. The first kappa shape index (κ1) is 22.0. The molecule has 0 aliphatic heterocycles. The van der Waals surface area contributed by atoms with E-state index < -0.39 is 11.9 Å². The van der Waals surface area contributed by atoms with Crippen molar-refractivity contribution >= 4 is 40.2 Å². The van der Waals surface area contributed by atoms with Crippen molar-refractivity contribution in [3.8, 4) is 17.0 Å². The van der Waals surface area contributed by atoms with Gasteiger partial charge in [-0.25, -0.2) is 4.68 Å². The summed E-state index contributed by atoms with van der Waals surface area (Å²) in [4.78, 5) is 16.1. The highest BCUT2D eigenvalue weighted by Crippen LogP contribution is 2.39. The van der Waals surface area contributed by atoms with Crippen LogP contribution in [0.2, 0.25) is 10.0 Å². The van der Waals surface area contributed by atoms with Crippen LogP contribution in [0.4, 0.5) is 0 Å². The molecule has 2 aromatic carbocycles. The SMILES string of the molecule is COc1ccc(Cl)c([C@@H](C)n2nnc3cnc(-c4ccccc4C(C)C(=O)O)cc32)c1Cl. The van der Waals surface area contributed by atoms with Crippen molar-refractivity contribution in [1.29, 1.82) is 0 Å². The predicted molar refractivity (Wildman–Crippen MR) is 124 cm³/mol. The predicted octanol–water partition coefficient (Wildman–Crippen LogP) is 5.61. The lowest BCUT2D eigenvalue weighted by Gasteiger charge is -2.18. The Morgan fingerprint density at radius 3 is 2.62 bits per heavy atom. The van der Waals surface area contributed by atoms with Crippen LogP contribution >= 0.6 is 23.2 Å². The molecule has 0 spiro atoms. The molecule has 0 aliphatic rings. The van der Waals surface area contributed by atoms with Gasteiger partial charge in [0.1, 0.15) is 11.3 Å². The highest BCUT2D eigenvalue weighted by atomic mass is 35.5. The second-order valence-electron chi connectivity index (χ2n) is 7.39. The number of ether oxygens (including phenoxy) is 1. The molecule has 32 heavy (non-hydrogen) atoms. The zero-order chi connectivity index (χ0) is 23.0. The van der Waals surface area contributed by atoms with Crippen molar-refractivity contribution in [3.63, 3.8) is 0 Å². The molecule has 2 aromatic heterocycles. The van der Waals surface area contributed by atoms with Gasteiger partial charge in [-0.3, -0.25) is 9.78 Å².